The highest BCUT2D eigenvalue weighted by Gasteiger charge is 2.52. The lowest BCUT2D eigenvalue weighted by Gasteiger charge is -2.35. The predicted molar refractivity (Wildman–Crippen MR) is 413 cm³/mol. The fraction of sp³-hybridized carbons (Fsp3) is 0.154. The van der Waals surface area contributed by atoms with Crippen LogP contribution in [0.2, 0.25) is 5.28 Å². The summed E-state index contributed by atoms with van der Waals surface area (Å²) in [5.41, 5.74) is 9.20. The minimum atomic E-state index is -0.382. The smallest absolute Gasteiger partial charge is 0.455 e. The summed E-state index contributed by atoms with van der Waals surface area (Å²) >= 11 is 9.60. The Balaban J connectivity index is 0.000000128. The third-order valence-electron chi connectivity index (χ3n) is 18.3. The zero-order valence-electron chi connectivity index (χ0n) is 54.2. The number of hydrogen-bond donors (Lipinski definition) is 0. The Morgan fingerprint density at radius 3 is 1.11 bits per heavy atom. The second kappa shape index (κ2) is 26.6. The number of fused-ring (bicyclic) bond motifs is 12. The molecule has 4 aromatic heterocycles. The molecule has 476 valence electrons. The van der Waals surface area contributed by atoms with Gasteiger partial charge in [0.05, 0.1) is 20.6 Å². The van der Waals surface area contributed by atoms with Crippen molar-refractivity contribution in [2.45, 2.75) is 77.4 Å². The SMILES string of the molecule is CC1(C)c2cc(-c3nc(-c4ccccc4)nc(-c4ccccc4)n3)ccc2Oc2c1ccc1c2sc2ccccc21.CC1(C)c2cc(B3OC(C)(C)C(C)(C)O3)ccc2Oc2c1ccc1c2sc2ccccc21.Clc1nc(-c2ccccc2)nc(-c2ccccc2)n1.PP(P)P. The van der Waals surface area contributed by atoms with Crippen molar-refractivity contribution >= 4 is 121 Å². The Bertz CT molecular complexity index is 5110. The molecule has 1 saturated heterocycles. The molecule has 96 heavy (non-hydrogen) atoms. The maximum atomic E-state index is 6.69. The number of aromatic nitrogens is 6. The molecule has 1 fully saturated rings. The van der Waals surface area contributed by atoms with Crippen molar-refractivity contribution < 1.29 is 18.8 Å². The summed E-state index contributed by atoms with van der Waals surface area (Å²) in [6, 6.07) is 78.4. The Labute approximate surface area is 580 Å². The average Bonchev–Trinajstić information content (AvgIpc) is 1.44. The van der Waals surface area contributed by atoms with Crippen LogP contribution in [-0.4, -0.2) is 48.2 Å². The van der Waals surface area contributed by atoms with Gasteiger partial charge in [-0.2, -0.15) is 9.97 Å². The van der Waals surface area contributed by atoms with E-state index in [9.17, 15) is 0 Å². The standard InChI is InChI=1S/C36H25N3OS.C27H27BO3S.C15H10ClN3.H6P4/c1-36(2)27-19-18-26-25-15-9-10-16-30(25)41-32(26)31(27)40-29-20-17-24(21-28(29)36)35-38-33(22-11-5-3-6-12-22)37-34(39-35)23-13-7-4-8-14-23;1-25(2)19-13-12-18-17-9-7-8-10-22(17)32-24(18)23(19)29-21-14-11-16(15-20(21)25)28-30-26(3,4)27(5,6)31-28;16-15-18-13(11-7-3-1-4-8-11)17-14(19-15)12-9-5-2-6-10-12;1-4(2)3/h3-21H,1-2H3;7-15H,1-6H3;1-10H;1-3H2. The van der Waals surface area contributed by atoms with Crippen LogP contribution in [0.1, 0.15) is 77.6 Å². The second-order valence-electron chi connectivity index (χ2n) is 25.8. The van der Waals surface area contributed by atoms with Gasteiger partial charge >= 0.3 is 7.12 Å². The van der Waals surface area contributed by atoms with Gasteiger partial charge in [-0.05, 0) is 88.1 Å². The zero-order chi connectivity index (χ0) is 66.7. The molecular formula is C78H68BClN6O4P4S2. The van der Waals surface area contributed by atoms with Crippen LogP contribution >= 0.6 is 68.0 Å². The van der Waals surface area contributed by atoms with E-state index in [1.165, 1.54) is 51.5 Å². The molecule has 0 bridgehead atoms. The summed E-state index contributed by atoms with van der Waals surface area (Å²) < 4.78 is 30.9. The molecule has 0 amide bonds. The summed E-state index contributed by atoms with van der Waals surface area (Å²) in [6.45, 7) is 17.6. The lowest BCUT2D eigenvalue weighted by molar-refractivity contribution is 0.00578. The number of rotatable bonds is 6. The van der Waals surface area contributed by atoms with Gasteiger partial charge in [-0.15, -0.1) is 49.5 Å². The van der Waals surface area contributed by atoms with Gasteiger partial charge in [0.25, 0.3) is 0 Å². The third kappa shape index (κ3) is 12.8. The molecule has 10 aromatic carbocycles. The highest BCUT2D eigenvalue weighted by molar-refractivity contribution is 8.65. The molecule has 10 nitrogen and oxygen atoms in total. The van der Waals surface area contributed by atoms with Crippen LogP contribution in [0.25, 0.3) is 97.3 Å². The van der Waals surface area contributed by atoms with Crippen LogP contribution in [-0.2, 0) is 20.1 Å². The molecule has 3 atom stereocenters. The first kappa shape index (κ1) is 65.5. The maximum absolute atomic E-state index is 6.69. The average molecular weight is 1390 g/mol. The quantitative estimate of drug-likeness (QED) is 0.118. The van der Waals surface area contributed by atoms with Gasteiger partial charge in [-0.25, -0.2) is 19.9 Å². The first-order valence-electron chi connectivity index (χ1n) is 31.5. The molecule has 0 aliphatic carbocycles. The Morgan fingerprint density at radius 1 is 0.365 bits per heavy atom. The molecule has 0 saturated carbocycles. The van der Waals surface area contributed by atoms with Crippen LogP contribution in [0.3, 0.4) is 0 Å². The Hall–Kier alpha value is -7.75. The van der Waals surface area contributed by atoms with Gasteiger partial charge in [0, 0.05) is 91.8 Å². The first-order chi connectivity index (χ1) is 46.2. The summed E-state index contributed by atoms with van der Waals surface area (Å²) in [4.78, 5) is 27.5. The molecule has 3 aliphatic rings. The van der Waals surface area contributed by atoms with Crippen LogP contribution < -0.4 is 14.9 Å². The van der Waals surface area contributed by atoms with Gasteiger partial charge in [0.15, 0.2) is 29.1 Å². The Kier molecular flexibility index (Phi) is 18.2. The van der Waals surface area contributed by atoms with E-state index in [2.05, 4.69) is 206 Å². The molecule has 3 aliphatic heterocycles. The third-order valence-corrected chi connectivity index (χ3v) is 20.8. The van der Waals surface area contributed by atoms with E-state index in [-0.39, 0.29) is 41.4 Å². The largest absolute Gasteiger partial charge is 0.494 e. The minimum Gasteiger partial charge on any atom is -0.455 e. The van der Waals surface area contributed by atoms with Gasteiger partial charge in [-0.3, -0.25) is 0 Å². The molecule has 0 radical (unpaired) electrons. The monoisotopic (exact) mass is 1390 g/mol. The fourth-order valence-electron chi connectivity index (χ4n) is 12.4. The van der Waals surface area contributed by atoms with Gasteiger partial charge in [0.2, 0.25) is 5.28 Å². The number of nitrogens with zero attached hydrogens (tertiary/aromatic N) is 6. The number of ether oxygens (including phenoxy) is 2. The van der Waals surface area contributed by atoms with E-state index >= 15 is 0 Å². The number of hydrogen-bond acceptors (Lipinski definition) is 12. The second-order valence-corrected chi connectivity index (χ2v) is 39.9. The lowest BCUT2D eigenvalue weighted by Crippen LogP contribution is -2.41. The molecule has 14 aromatic rings. The summed E-state index contributed by atoms with van der Waals surface area (Å²) in [7, 11) is 7.56. The fourth-order valence-corrected chi connectivity index (χ4v) is 15.0. The lowest BCUT2D eigenvalue weighted by atomic mass is 9.71. The van der Waals surface area contributed by atoms with Crippen LogP contribution in [0.15, 0.2) is 231 Å². The summed E-state index contributed by atoms with van der Waals surface area (Å²) in [5.74, 6) is 6.85. The van der Waals surface area contributed by atoms with Gasteiger partial charge in [-0.1, -0.05) is 222 Å². The molecule has 0 spiro atoms. The predicted octanol–water partition coefficient (Wildman–Crippen LogP) is 22.2. The molecule has 0 N–H and O–H groups in total. The van der Waals surface area contributed by atoms with E-state index in [0.717, 1.165) is 67.4 Å². The molecule has 18 heteroatoms. The topological polar surface area (TPSA) is 114 Å². The zero-order valence-corrected chi connectivity index (χ0v) is 61.0. The summed E-state index contributed by atoms with van der Waals surface area (Å²) in [5, 5.41) is 5.27. The maximum Gasteiger partial charge on any atom is 0.494 e. The van der Waals surface area contributed by atoms with Crippen molar-refractivity contribution in [3.05, 3.63) is 258 Å². The molecule has 17 rings (SSSR count). The van der Waals surface area contributed by atoms with E-state index in [0.29, 0.717) is 29.1 Å². The highest BCUT2D eigenvalue weighted by Crippen LogP contribution is 2.60. The van der Waals surface area contributed by atoms with Crippen molar-refractivity contribution in [3.63, 3.8) is 0 Å². The van der Waals surface area contributed by atoms with Crippen molar-refractivity contribution in [3.8, 4) is 79.9 Å². The van der Waals surface area contributed by atoms with E-state index < -0.39 is 0 Å². The normalized spacial score (nSPS) is 14.9. The molecule has 7 heterocycles. The van der Waals surface area contributed by atoms with Gasteiger partial charge < -0.3 is 18.8 Å². The van der Waals surface area contributed by atoms with Crippen molar-refractivity contribution in [1.29, 1.82) is 0 Å². The molecule has 3 unspecified atom stereocenters. The number of thiophene rings is 2. The summed E-state index contributed by atoms with van der Waals surface area (Å²) in [6.07, 6.45) is 0. The van der Waals surface area contributed by atoms with E-state index in [4.69, 9.17) is 45.3 Å². The first-order valence-corrected chi connectivity index (χ1v) is 39.8. The van der Waals surface area contributed by atoms with Crippen LogP contribution in [0.5, 0.6) is 23.0 Å². The van der Waals surface area contributed by atoms with Crippen molar-refractivity contribution in [1.82, 2.24) is 29.9 Å². The van der Waals surface area contributed by atoms with Crippen LogP contribution in [0, 0.1) is 0 Å². The molecular weight excluding hydrogens is 1320 g/mol. The number of benzene rings is 10. The van der Waals surface area contributed by atoms with E-state index in [1.54, 1.807) is 11.3 Å². The highest BCUT2D eigenvalue weighted by atomic mass is 35.5. The minimum absolute atomic E-state index is 0.130. The number of halogens is 1. The van der Waals surface area contributed by atoms with E-state index in [1.807, 2.05) is 133 Å². The van der Waals surface area contributed by atoms with Gasteiger partial charge in [0.1, 0.15) is 23.0 Å². The van der Waals surface area contributed by atoms with Crippen molar-refractivity contribution in [2.75, 3.05) is 0 Å². The Morgan fingerprint density at radius 2 is 0.708 bits per heavy atom. The van der Waals surface area contributed by atoms with Crippen LogP contribution in [0.4, 0.5) is 0 Å². The van der Waals surface area contributed by atoms with Crippen molar-refractivity contribution in [2.24, 2.45) is 0 Å².